The molecule has 17 rings (SSSR count). The SMILES string of the molecule is COC(=O)C[C@H](C(=O)N1CCC[C@H]1C1=NC=C(c2ccc3cc(B4OC(C)(C)C(C)(C)O4)ccc3c2)C1)C(C)C.COC(=O)N[C@H](C(=O)N1CCC[C@H]1C1=NC=C(c2ccc3cc(-c4ccc5c(=O)cc([C@@H]6C[C@@H]7CCCC[C@@H]7N6C(=O)[C@@H](NC(=O)OC)C(C)C)[nH]c5c4)ccc3c2)C1)C(C)C.COC(=O)N[C@H](C(=O)N1[C@H](c2cc(=O)c3ccc(Br)cc3[nH]2)C[C@@H]2CCCC[C@@H]21)C(C)C.S.S.S.S.S.S.S.S.S.S.S. The molecule has 145 heavy (non-hydrogen) atoms. The zero-order chi connectivity index (χ0) is 95.6. The molecule has 9 aliphatic rings. The van der Waals surface area contributed by atoms with Crippen molar-refractivity contribution in [2.24, 2.45) is 51.4 Å². The maximum Gasteiger partial charge on any atom is 0.494 e. The van der Waals surface area contributed by atoms with E-state index in [0.717, 1.165) is 184 Å². The second-order valence-corrected chi connectivity index (χ2v) is 40.9. The summed E-state index contributed by atoms with van der Waals surface area (Å²) in [6.45, 7) is 25.0. The quantitative estimate of drug-likeness (QED) is 0.0253. The van der Waals surface area contributed by atoms with Gasteiger partial charge in [0.1, 0.15) is 18.1 Å². The number of ether oxygens (including phenoxy) is 4. The number of amides is 7. The molecule has 12 atom stereocenters. The Kier molecular flexibility index (Phi) is 50.2. The van der Waals surface area contributed by atoms with Crippen LogP contribution < -0.4 is 32.3 Å². The topological polar surface area (TPSA) is 331 Å². The number of pyridine rings is 2. The van der Waals surface area contributed by atoms with Gasteiger partial charge in [-0.25, -0.2) is 14.4 Å². The highest BCUT2D eigenvalue weighted by atomic mass is 79.9. The van der Waals surface area contributed by atoms with Crippen LogP contribution in [0.4, 0.5) is 14.4 Å². The molecule has 5 saturated heterocycles. The first-order chi connectivity index (χ1) is 64.0. The Labute approximate surface area is 937 Å². The van der Waals surface area contributed by atoms with Gasteiger partial charge >= 0.3 is 31.4 Å². The lowest BCUT2D eigenvalue weighted by atomic mass is 9.78. The number of benzene rings is 6. The molecule has 7 aliphatic heterocycles. The van der Waals surface area contributed by atoms with E-state index in [1.165, 1.54) is 28.4 Å². The van der Waals surface area contributed by atoms with Gasteiger partial charge in [0.25, 0.3) is 0 Å². The van der Waals surface area contributed by atoms with E-state index < -0.39 is 36.4 Å². The third-order valence-electron chi connectivity index (χ3n) is 29.6. The normalized spacial score (nSPS) is 20.9. The number of hydrogen-bond acceptors (Lipinski definition) is 18. The van der Waals surface area contributed by atoms with Crippen LogP contribution in [0.25, 0.3) is 65.6 Å². The predicted octanol–water partition coefficient (Wildman–Crippen LogP) is 19.0. The third kappa shape index (κ3) is 28.7. The van der Waals surface area contributed by atoms with Crippen LogP contribution in [0.15, 0.2) is 158 Å². The molecule has 0 spiro atoms. The van der Waals surface area contributed by atoms with Gasteiger partial charge < -0.3 is 73.8 Å². The van der Waals surface area contributed by atoms with Gasteiger partial charge in [0, 0.05) is 101 Å². The fourth-order valence-corrected chi connectivity index (χ4v) is 21.8. The standard InChI is InChI=1S/C49H58N6O7.C32H41BN2O5.C24H30BrN3O4.11H2S/c1-27(2)44(52-48(59)61-5)46(57)54-19-9-12-41(54)38-23-35(26-50-38)32-16-15-29-20-31(14-13-30(29)21-32)33-17-18-36-37(22-33)51-39(25-43(36)56)42-24-34-10-7-8-11-40(34)55(42)47(58)45(28(3)4)53-49(60)62-6;1-20(2)26(18-29(36)38-7)30(37)35-14-8-9-28(35)27-17-24(19-34-27)22-10-11-23-16-25(13-12-21(23)15-22)33-39-31(3,4)32(5,6)40-33;1-13(2)22(27-24(31)32-3)23(30)28-19-7-5-4-6-14(19)10-20(28)18-12-21(29)16-9-8-15(25)11-17(16)26-18;;;;;;;;;;;/h13-18,20-22,25-28,34,40-42,44-45H,7-12,19,23-24H2,1-6H3,(H,51,56)(H,52,59)(H,53,60);10-13,15-16,19-20,26,28H,8-9,14,17-18H2,1-7H3;8-9,11-14,19-20,22H,4-7,10H2,1-3H3,(H,26,29)(H,27,31);11*1H2/t34-,40-,41-,42-,44-,45-;26-,28-;14-,19-,20-,22-;;;;;;;;;;;/m000.........../s1. The van der Waals surface area contributed by atoms with Crippen LogP contribution in [-0.4, -0.2) is 191 Å². The number of allylic oxidation sites excluding steroid dienone is 2. The summed E-state index contributed by atoms with van der Waals surface area (Å²) in [6.07, 6.45) is 16.9. The Morgan fingerprint density at radius 2 is 0.800 bits per heavy atom. The minimum Gasteiger partial charge on any atom is -0.469 e. The average Bonchev–Trinajstić information content (AvgIpc) is 1.62. The number of nitrogens with zero attached hydrogens (tertiary/aromatic N) is 6. The summed E-state index contributed by atoms with van der Waals surface area (Å²) in [5.74, 6) is -0.658. The minimum atomic E-state index is -0.754. The molecule has 5 N–H and O–H groups in total. The number of esters is 1. The van der Waals surface area contributed by atoms with E-state index in [1.54, 1.807) is 18.2 Å². The summed E-state index contributed by atoms with van der Waals surface area (Å²) in [6, 6.07) is 37.7. The Morgan fingerprint density at radius 3 is 1.22 bits per heavy atom. The highest BCUT2D eigenvalue weighted by molar-refractivity contribution is 9.10. The lowest BCUT2D eigenvalue weighted by Gasteiger charge is -2.37. The van der Waals surface area contributed by atoms with Crippen molar-refractivity contribution in [2.75, 3.05) is 41.5 Å². The molecule has 2 saturated carbocycles. The van der Waals surface area contributed by atoms with E-state index >= 15 is 0 Å². The van der Waals surface area contributed by atoms with Crippen molar-refractivity contribution in [1.82, 2.24) is 45.5 Å². The first-order valence-electron chi connectivity index (χ1n) is 47.9. The summed E-state index contributed by atoms with van der Waals surface area (Å²) in [4.78, 5) is 155. The van der Waals surface area contributed by atoms with Gasteiger partial charge in [-0.05, 0) is 236 Å². The number of carbonyl (C=O) groups is 8. The van der Waals surface area contributed by atoms with Crippen molar-refractivity contribution >= 4 is 291 Å². The molecular weight excluding hydrogens is 2110 g/mol. The molecule has 6 aromatic carbocycles. The Hall–Kier alpha value is -7.45. The maximum absolute atomic E-state index is 14.4. The molecule has 0 unspecified atom stereocenters. The minimum absolute atomic E-state index is 0. The summed E-state index contributed by atoms with van der Waals surface area (Å²) in [5, 5.41) is 13.9. The van der Waals surface area contributed by atoms with Crippen molar-refractivity contribution in [1.29, 1.82) is 0 Å². The molecule has 7 fully saturated rings. The molecule has 9 heterocycles. The lowest BCUT2D eigenvalue weighted by molar-refractivity contribution is -0.148. The highest BCUT2D eigenvalue weighted by Gasteiger charge is 2.54. The van der Waals surface area contributed by atoms with E-state index in [-0.39, 0.29) is 279 Å². The second kappa shape index (κ2) is 56.1. The van der Waals surface area contributed by atoms with Gasteiger partial charge in [0.2, 0.25) is 23.6 Å². The van der Waals surface area contributed by atoms with E-state index in [0.29, 0.717) is 53.3 Å². The van der Waals surface area contributed by atoms with Crippen molar-refractivity contribution < 1.29 is 66.6 Å². The molecule has 0 radical (unpaired) electrons. The molecule has 2 aliphatic carbocycles. The monoisotopic (exact) mass is 2260 g/mol. The van der Waals surface area contributed by atoms with Crippen molar-refractivity contribution in [3.8, 4) is 11.1 Å². The van der Waals surface area contributed by atoms with E-state index in [2.05, 4.69) is 142 Å². The van der Waals surface area contributed by atoms with Crippen molar-refractivity contribution in [2.45, 2.75) is 258 Å². The Bertz CT molecular complexity index is 6130. The van der Waals surface area contributed by atoms with E-state index in [9.17, 15) is 47.9 Å². The summed E-state index contributed by atoms with van der Waals surface area (Å²) in [7, 11) is 4.87. The first kappa shape index (κ1) is 130. The highest BCUT2D eigenvalue weighted by Crippen LogP contribution is 2.50. The zero-order valence-corrected chi connectivity index (χ0v) is 98.1. The van der Waals surface area contributed by atoms with Gasteiger partial charge in [-0.1, -0.05) is 158 Å². The number of aromatic nitrogens is 2. The number of alkyl carbamates (subject to hydrolysis) is 3. The van der Waals surface area contributed by atoms with Crippen LogP contribution in [0.2, 0.25) is 0 Å². The van der Waals surface area contributed by atoms with Gasteiger partial charge in [-0.3, -0.25) is 43.5 Å². The van der Waals surface area contributed by atoms with Gasteiger partial charge in [0.15, 0.2) is 10.9 Å². The fraction of sp³-hybridized carbons (Fsp3) is 0.505. The molecule has 2 aromatic heterocycles. The number of likely N-dealkylation sites (tertiary alicyclic amines) is 4. The van der Waals surface area contributed by atoms with Gasteiger partial charge in [0.05, 0.1) is 87.2 Å². The number of halogens is 1. The molecule has 0 bridgehead atoms. The lowest BCUT2D eigenvalue weighted by Crippen LogP contribution is -2.53. The van der Waals surface area contributed by atoms with Gasteiger partial charge in [-0.15, -0.1) is 0 Å². The van der Waals surface area contributed by atoms with E-state index in [4.69, 9.17) is 38.2 Å². The Balaban J connectivity index is 0.000000462. The molecule has 40 heteroatoms. The molecule has 7 amide bonds. The molecular formula is C105H151BBrN11O16S11. The number of rotatable bonds is 21. The maximum atomic E-state index is 14.4. The number of aliphatic imine (C=N–C) groups is 2. The summed E-state index contributed by atoms with van der Waals surface area (Å²) >= 11 is 3.48. The molecule has 27 nitrogen and oxygen atoms in total. The number of hydrogen-bond donors (Lipinski definition) is 5. The molecule has 8 aromatic rings. The van der Waals surface area contributed by atoms with Crippen LogP contribution in [0, 0.1) is 41.4 Å². The van der Waals surface area contributed by atoms with Crippen molar-refractivity contribution in [3.63, 3.8) is 0 Å². The number of methoxy groups -OCH3 is 4. The number of H-pyrrole nitrogens is 2. The first-order valence-corrected chi connectivity index (χ1v) is 48.6. The van der Waals surface area contributed by atoms with Crippen LogP contribution >= 0.6 is 164 Å². The third-order valence-corrected chi connectivity index (χ3v) is 30.1. The largest absolute Gasteiger partial charge is 0.494 e. The van der Waals surface area contributed by atoms with Crippen molar-refractivity contribution in [3.05, 3.63) is 181 Å². The Morgan fingerprint density at radius 1 is 0.428 bits per heavy atom. The van der Waals surface area contributed by atoms with Crippen LogP contribution in [0.3, 0.4) is 0 Å². The number of aromatic amines is 2. The fourth-order valence-electron chi connectivity index (χ4n) is 21.5. The smallest absolute Gasteiger partial charge is 0.469 e. The summed E-state index contributed by atoms with van der Waals surface area (Å²) in [5.41, 5.74) is 11.4. The van der Waals surface area contributed by atoms with Crippen LogP contribution in [0.1, 0.15) is 227 Å². The van der Waals surface area contributed by atoms with E-state index in [1.807, 2.05) is 118 Å². The predicted molar refractivity (Wildman–Crippen MR) is 641 cm³/mol. The molecule has 798 valence electrons. The van der Waals surface area contributed by atoms with Gasteiger partial charge in [-0.2, -0.15) is 148 Å². The number of fused-ring (bicyclic) bond motifs is 6. The second-order valence-electron chi connectivity index (χ2n) is 40.0. The van der Waals surface area contributed by atoms with Crippen LogP contribution in [0.5, 0.6) is 0 Å². The number of nitrogens with one attached hydrogen (secondary N) is 5. The number of carbonyl (C=O) groups excluding carboxylic acids is 8. The average molecular weight is 2270 g/mol. The summed E-state index contributed by atoms with van der Waals surface area (Å²) < 4.78 is 32.7. The van der Waals surface area contributed by atoms with Crippen LogP contribution in [-0.2, 0) is 52.2 Å². The zero-order valence-electron chi connectivity index (χ0n) is 85.5.